The number of anilines is 1. The highest BCUT2D eigenvalue weighted by Gasteiger charge is 2.10. The number of benzene rings is 1. The Labute approximate surface area is 176 Å². The van der Waals surface area contributed by atoms with Gasteiger partial charge in [0.15, 0.2) is 5.13 Å². The minimum Gasteiger partial charge on any atom is -0.495 e. The number of carbonyl (C=O) groups excluding carboxylic acids is 2. The first-order valence-electron chi connectivity index (χ1n) is 8.64. The van der Waals surface area contributed by atoms with E-state index in [2.05, 4.69) is 15.6 Å². The normalized spacial score (nSPS) is 10.8. The van der Waals surface area contributed by atoms with Gasteiger partial charge in [0, 0.05) is 30.0 Å². The number of furan rings is 1. The molecule has 0 saturated carbocycles. The average Bonchev–Trinajstić information content (AvgIpc) is 3.38. The van der Waals surface area contributed by atoms with Crippen molar-refractivity contribution >= 4 is 46.0 Å². The van der Waals surface area contributed by atoms with Crippen LogP contribution in [0.1, 0.15) is 12.2 Å². The van der Waals surface area contributed by atoms with E-state index in [0.29, 0.717) is 27.4 Å². The summed E-state index contributed by atoms with van der Waals surface area (Å²) < 4.78 is 10.2. The zero-order chi connectivity index (χ0) is 20.6. The van der Waals surface area contributed by atoms with E-state index in [-0.39, 0.29) is 24.8 Å². The molecule has 0 spiro atoms. The summed E-state index contributed by atoms with van der Waals surface area (Å²) in [5.74, 6) is 0.618. The summed E-state index contributed by atoms with van der Waals surface area (Å²) in [6, 6.07) is 8.83. The lowest BCUT2D eigenvalue weighted by Gasteiger charge is -2.04. The van der Waals surface area contributed by atoms with Crippen molar-refractivity contribution < 1.29 is 18.7 Å². The Morgan fingerprint density at radius 2 is 2.21 bits per heavy atom. The highest BCUT2D eigenvalue weighted by atomic mass is 35.5. The van der Waals surface area contributed by atoms with Gasteiger partial charge in [0.1, 0.15) is 11.5 Å². The molecule has 1 aromatic carbocycles. The second-order valence-electron chi connectivity index (χ2n) is 5.83. The monoisotopic (exact) mass is 431 g/mol. The molecule has 29 heavy (non-hydrogen) atoms. The second-order valence-corrected chi connectivity index (χ2v) is 7.09. The number of ether oxygens (including phenoxy) is 1. The number of amides is 2. The van der Waals surface area contributed by atoms with Gasteiger partial charge >= 0.3 is 0 Å². The van der Waals surface area contributed by atoms with E-state index in [1.165, 1.54) is 23.7 Å². The molecule has 150 valence electrons. The van der Waals surface area contributed by atoms with E-state index in [1.807, 2.05) is 11.4 Å². The maximum absolute atomic E-state index is 12.1. The topological polar surface area (TPSA) is 93.5 Å². The molecule has 2 heterocycles. The van der Waals surface area contributed by atoms with Crippen LogP contribution in [-0.2, 0) is 9.59 Å². The summed E-state index contributed by atoms with van der Waals surface area (Å²) in [4.78, 5) is 28.2. The molecule has 3 rings (SSSR count). The van der Waals surface area contributed by atoms with Crippen molar-refractivity contribution in [2.24, 2.45) is 0 Å². The zero-order valence-electron chi connectivity index (χ0n) is 15.5. The Hall–Kier alpha value is -3.10. The van der Waals surface area contributed by atoms with E-state index in [1.54, 1.807) is 37.5 Å². The van der Waals surface area contributed by atoms with Gasteiger partial charge in [0.25, 0.3) is 0 Å². The van der Waals surface area contributed by atoms with Gasteiger partial charge in [0.05, 0.1) is 24.1 Å². The zero-order valence-corrected chi connectivity index (χ0v) is 17.0. The molecule has 9 heteroatoms. The molecule has 0 radical (unpaired) electrons. The average molecular weight is 432 g/mol. The van der Waals surface area contributed by atoms with E-state index in [9.17, 15) is 9.59 Å². The Bertz CT molecular complexity index is 1010. The Morgan fingerprint density at radius 1 is 1.34 bits per heavy atom. The number of aromatic nitrogens is 1. The van der Waals surface area contributed by atoms with Gasteiger partial charge in [-0.05, 0) is 36.4 Å². The third kappa shape index (κ3) is 5.94. The van der Waals surface area contributed by atoms with Crippen LogP contribution in [-0.4, -0.2) is 30.5 Å². The van der Waals surface area contributed by atoms with Gasteiger partial charge in [-0.2, -0.15) is 0 Å². The molecule has 2 aromatic heterocycles. The molecule has 0 saturated heterocycles. The molecule has 7 nitrogen and oxygen atoms in total. The van der Waals surface area contributed by atoms with Crippen molar-refractivity contribution in [3.8, 4) is 17.0 Å². The van der Waals surface area contributed by atoms with Gasteiger partial charge in [-0.25, -0.2) is 4.98 Å². The second kappa shape index (κ2) is 9.90. The van der Waals surface area contributed by atoms with Crippen molar-refractivity contribution in [3.63, 3.8) is 0 Å². The van der Waals surface area contributed by atoms with Crippen LogP contribution in [0.5, 0.6) is 5.75 Å². The molecule has 2 N–H and O–H groups in total. The molecule has 0 aliphatic rings. The maximum atomic E-state index is 12.1. The highest BCUT2D eigenvalue weighted by Crippen LogP contribution is 2.31. The predicted molar refractivity (Wildman–Crippen MR) is 113 cm³/mol. The summed E-state index contributed by atoms with van der Waals surface area (Å²) in [6.45, 7) is 0.208. The van der Waals surface area contributed by atoms with Crippen LogP contribution in [0.25, 0.3) is 17.3 Å². The summed E-state index contributed by atoms with van der Waals surface area (Å²) in [5, 5.41) is 8.15. The SMILES string of the molecule is COc1ccc(-c2csc(NC(=O)CCNC(=O)/C=C/c3ccco3)n2)cc1Cl. The molecule has 0 fully saturated rings. The number of thiazole rings is 1. The van der Waals surface area contributed by atoms with Crippen LogP contribution in [0.15, 0.2) is 52.5 Å². The van der Waals surface area contributed by atoms with Crippen LogP contribution in [0.4, 0.5) is 5.13 Å². The van der Waals surface area contributed by atoms with Gasteiger partial charge in [-0.3, -0.25) is 9.59 Å². The summed E-state index contributed by atoms with van der Waals surface area (Å²) >= 11 is 7.45. The molecule has 0 aliphatic heterocycles. The van der Waals surface area contributed by atoms with Gasteiger partial charge in [-0.1, -0.05) is 11.6 Å². The van der Waals surface area contributed by atoms with E-state index in [0.717, 1.165) is 5.56 Å². The largest absolute Gasteiger partial charge is 0.495 e. The molecule has 3 aromatic rings. The number of carbonyl (C=O) groups is 2. The number of nitrogens with one attached hydrogen (secondary N) is 2. The number of halogens is 1. The Morgan fingerprint density at radius 3 is 2.93 bits per heavy atom. The first kappa shape index (κ1) is 20.6. The molecule has 0 aliphatic carbocycles. The summed E-state index contributed by atoms with van der Waals surface area (Å²) in [7, 11) is 1.55. The van der Waals surface area contributed by atoms with Gasteiger partial charge in [0.2, 0.25) is 11.8 Å². The third-order valence-electron chi connectivity index (χ3n) is 3.79. The van der Waals surface area contributed by atoms with Gasteiger partial charge in [-0.15, -0.1) is 11.3 Å². The number of methoxy groups -OCH3 is 1. The predicted octanol–water partition coefficient (Wildman–Crippen LogP) is 4.22. The fourth-order valence-electron chi connectivity index (χ4n) is 2.37. The van der Waals surface area contributed by atoms with Crippen molar-refractivity contribution in [1.82, 2.24) is 10.3 Å². The Balaban J connectivity index is 1.46. The molecule has 0 unspecified atom stereocenters. The lowest BCUT2D eigenvalue weighted by Crippen LogP contribution is -2.26. The number of nitrogens with zero attached hydrogens (tertiary/aromatic N) is 1. The molecule has 0 atom stereocenters. The molecular weight excluding hydrogens is 414 g/mol. The van der Waals surface area contributed by atoms with Crippen LogP contribution >= 0.6 is 22.9 Å². The summed E-state index contributed by atoms with van der Waals surface area (Å²) in [5.41, 5.74) is 1.52. The molecule has 2 amide bonds. The standard InChI is InChI=1S/C20H18ClN3O4S/c1-27-17-6-4-13(11-15(17)21)16-12-29-20(23-16)24-19(26)8-9-22-18(25)7-5-14-3-2-10-28-14/h2-7,10-12H,8-9H2,1H3,(H,22,25)(H,23,24,26)/b7-5+. The van der Waals surface area contributed by atoms with Crippen LogP contribution in [0, 0.1) is 0 Å². The lowest BCUT2D eigenvalue weighted by molar-refractivity contribution is -0.117. The minimum atomic E-state index is -0.304. The Kier molecular flexibility index (Phi) is 7.04. The number of rotatable bonds is 8. The van der Waals surface area contributed by atoms with Crippen LogP contribution in [0.3, 0.4) is 0 Å². The first-order chi connectivity index (χ1) is 14.0. The quantitative estimate of drug-likeness (QED) is 0.521. The molecule has 0 bridgehead atoms. The lowest BCUT2D eigenvalue weighted by atomic mass is 10.2. The number of hydrogen-bond acceptors (Lipinski definition) is 6. The minimum absolute atomic E-state index is 0.129. The van der Waals surface area contributed by atoms with Gasteiger partial charge < -0.3 is 19.8 Å². The number of hydrogen-bond donors (Lipinski definition) is 2. The van der Waals surface area contributed by atoms with Crippen LogP contribution in [0.2, 0.25) is 5.02 Å². The fourth-order valence-corrected chi connectivity index (χ4v) is 3.37. The smallest absolute Gasteiger partial charge is 0.244 e. The first-order valence-corrected chi connectivity index (χ1v) is 9.89. The summed E-state index contributed by atoms with van der Waals surface area (Å²) in [6.07, 6.45) is 4.56. The van der Waals surface area contributed by atoms with Crippen LogP contribution < -0.4 is 15.4 Å². The molecular formula is C20H18ClN3O4S. The highest BCUT2D eigenvalue weighted by molar-refractivity contribution is 7.14. The van der Waals surface area contributed by atoms with Crippen molar-refractivity contribution in [2.45, 2.75) is 6.42 Å². The maximum Gasteiger partial charge on any atom is 0.244 e. The third-order valence-corrected chi connectivity index (χ3v) is 4.84. The van der Waals surface area contributed by atoms with Crippen molar-refractivity contribution in [2.75, 3.05) is 19.0 Å². The fraction of sp³-hybridized carbons (Fsp3) is 0.150. The van der Waals surface area contributed by atoms with E-state index < -0.39 is 0 Å². The van der Waals surface area contributed by atoms with E-state index in [4.69, 9.17) is 20.8 Å². The van der Waals surface area contributed by atoms with E-state index >= 15 is 0 Å². The van der Waals surface area contributed by atoms with Crippen molar-refractivity contribution in [1.29, 1.82) is 0 Å². The van der Waals surface area contributed by atoms with Crippen molar-refractivity contribution in [3.05, 3.63) is 58.8 Å².